The summed E-state index contributed by atoms with van der Waals surface area (Å²) in [5.41, 5.74) is 7.79. The Labute approximate surface area is 77.7 Å². The zero-order valence-corrected chi connectivity index (χ0v) is 6.92. The Bertz CT molecular complexity index is 414. The lowest BCUT2D eigenvalue weighted by Crippen LogP contribution is -1.93. The molecule has 0 N–H and O–H groups in total. The van der Waals surface area contributed by atoms with E-state index in [4.69, 9.17) is 5.53 Å². The second-order valence-electron chi connectivity index (χ2n) is 2.43. The van der Waals surface area contributed by atoms with Crippen LogP contribution in [0.4, 0.5) is 10.1 Å². The molecule has 0 saturated heterocycles. The molecule has 0 spiro atoms. The summed E-state index contributed by atoms with van der Waals surface area (Å²) in [5, 5.41) is 13.5. The number of nitrogens with zero attached hydrogens (tertiary/aromatic N) is 4. The van der Waals surface area contributed by atoms with Gasteiger partial charge in [-0.15, -0.1) is 0 Å². The molecule has 72 valence electrons. The van der Waals surface area contributed by atoms with E-state index in [9.17, 15) is 14.5 Å². The number of halogens is 1. The Hall–Kier alpha value is -2.14. The third-order valence-electron chi connectivity index (χ3n) is 1.52. The van der Waals surface area contributed by atoms with Crippen molar-refractivity contribution in [2.24, 2.45) is 5.11 Å². The number of rotatable bonds is 3. The minimum absolute atomic E-state index is 0.0301. The maximum Gasteiger partial charge on any atom is 0.305 e. The van der Waals surface area contributed by atoms with Crippen molar-refractivity contribution < 1.29 is 9.31 Å². The zero-order valence-electron chi connectivity index (χ0n) is 6.92. The van der Waals surface area contributed by atoms with Gasteiger partial charge < -0.3 is 0 Å². The molecule has 14 heavy (non-hydrogen) atoms. The molecular formula is C7H5FN4O2. The highest BCUT2D eigenvalue weighted by atomic mass is 19.1. The molecule has 1 aromatic carbocycles. The molecule has 0 saturated carbocycles. The molecule has 0 atom stereocenters. The third kappa shape index (κ3) is 2.18. The highest BCUT2D eigenvalue weighted by molar-refractivity contribution is 5.36. The predicted molar refractivity (Wildman–Crippen MR) is 45.9 cm³/mol. The molecular weight excluding hydrogens is 191 g/mol. The predicted octanol–water partition coefficient (Wildman–Crippen LogP) is 2.54. The summed E-state index contributed by atoms with van der Waals surface area (Å²) in [6, 6.07) is 3.35. The van der Waals surface area contributed by atoms with Gasteiger partial charge in [-0.05, 0) is 17.2 Å². The maximum absolute atomic E-state index is 12.8. The minimum atomic E-state index is -0.903. The SMILES string of the molecule is [N-]=[N+]=NCc1ccc(F)c([N+](=O)[O-])c1. The highest BCUT2D eigenvalue weighted by Crippen LogP contribution is 2.18. The van der Waals surface area contributed by atoms with Crippen LogP contribution < -0.4 is 0 Å². The van der Waals surface area contributed by atoms with Crippen molar-refractivity contribution in [3.63, 3.8) is 0 Å². The normalized spacial score (nSPS) is 9.21. The minimum Gasteiger partial charge on any atom is -0.258 e. The summed E-state index contributed by atoms with van der Waals surface area (Å²) in [5.74, 6) is -0.903. The monoisotopic (exact) mass is 196 g/mol. The van der Waals surface area contributed by atoms with Gasteiger partial charge >= 0.3 is 5.69 Å². The molecule has 6 nitrogen and oxygen atoms in total. The Morgan fingerprint density at radius 1 is 1.64 bits per heavy atom. The highest BCUT2D eigenvalue weighted by Gasteiger charge is 2.13. The van der Waals surface area contributed by atoms with Crippen LogP contribution in [-0.2, 0) is 6.54 Å². The van der Waals surface area contributed by atoms with Crippen molar-refractivity contribution in [1.29, 1.82) is 0 Å². The van der Waals surface area contributed by atoms with E-state index in [0.717, 1.165) is 12.1 Å². The van der Waals surface area contributed by atoms with Crippen LogP contribution in [0.1, 0.15) is 5.56 Å². The van der Waals surface area contributed by atoms with Gasteiger partial charge in [-0.3, -0.25) is 10.1 Å². The molecule has 0 unspecified atom stereocenters. The number of benzene rings is 1. The first kappa shape index (κ1) is 9.94. The van der Waals surface area contributed by atoms with Gasteiger partial charge in [0.2, 0.25) is 5.82 Å². The standard InChI is InChI=1S/C7H5FN4O2/c8-6-2-1-5(4-10-11-9)3-7(6)12(13)14/h1-3H,4H2. The van der Waals surface area contributed by atoms with E-state index < -0.39 is 16.4 Å². The Balaban J connectivity index is 3.06. The first-order valence-electron chi connectivity index (χ1n) is 3.59. The summed E-state index contributed by atoms with van der Waals surface area (Å²) in [7, 11) is 0. The van der Waals surface area contributed by atoms with Gasteiger partial charge in [0.1, 0.15) is 0 Å². The number of hydrogen-bond donors (Lipinski definition) is 0. The van der Waals surface area contributed by atoms with Crippen molar-refractivity contribution in [2.45, 2.75) is 6.54 Å². The Morgan fingerprint density at radius 3 is 2.93 bits per heavy atom. The van der Waals surface area contributed by atoms with Gasteiger partial charge in [0.15, 0.2) is 0 Å². The van der Waals surface area contributed by atoms with Crippen LogP contribution in [0.25, 0.3) is 10.4 Å². The maximum atomic E-state index is 12.8. The van der Waals surface area contributed by atoms with E-state index in [1.54, 1.807) is 0 Å². The van der Waals surface area contributed by atoms with Crippen LogP contribution in [0.2, 0.25) is 0 Å². The van der Waals surface area contributed by atoms with Crippen LogP contribution >= 0.6 is 0 Å². The van der Waals surface area contributed by atoms with Gasteiger partial charge in [-0.2, -0.15) is 4.39 Å². The van der Waals surface area contributed by atoms with Gasteiger partial charge in [-0.25, -0.2) is 0 Å². The van der Waals surface area contributed by atoms with Crippen molar-refractivity contribution in [2.75, 3.05) is 0 Å². The van der Waals surface area contributed by atoms with Crippen LogP contribution in [0.15, 0.2) is 23.3 Å². The third-order valence-corrected chi connectivity index (χ3v) is 1.52. The first-order chi connectivity index (χ1) is 6.65. The summed E-state index contributed by atoms with van der Waals surface area (Å²) < 4.78 is 12.8. The van der Waals surface area contributed by atoms with Gasteiger partial charge in [0.05, 0.1) is 11.5 Å². The number of hydrogen-bond acceptors (Lipinski definition) is 3. The Kier molecular flexibility index (Phi) is 2.98. The molecule has 0 amide bonds. The summed E-state index contributed by atoms with van der Waals surface area (Å²) in [6.45, 7) is -0.0301. The van der Waals surface area contributed by atoms with Crippen LogP contribution in [-0.4, -0.2) is 4.92 Å². The molecule has 0 aliphatic rings. The van der Waals surface area contributed by atoms with E-state index in [1.807, 2.05) is 0 Å². The molecule has 0 aliphatic carbocycles. The average Bonchev–Trinajstić information content (AvgIpc) is 2.16. The summed E-state index contributed by atoms with van der Waals surface area (Å²) >= 11 is 0. The molecule has 0 fully saturated rings. The fraction of sp³-hybridized carbons (Fsp3) is 0.143. The van der Waals surface area contributed by atoms with Crippen LogP contribution in [0.3, 0.4) is 0 Å². The van der Waals surface area contributed by atoms with Gasteiger partial charge in [-0.1, -0.05) is 11.2 Å². The molecule has 7 heteroatoms. The van der Waals surface area contributed by atoms with Gasteiger partial charge in [0.25, 0.3) is 0 Å². The fourth-order valence-corrected chi connectivity index (χ4v) is 0.910. The average molecular weight is 196 g/mol. The van der Waals surface area contributed by atoms with E-state index in [2.05, 4.69) is 10.0 Å². The van der Waals surface area contributed by atoms with Crippen molar-refractivity contribution >= 4 is 5.69 Å². The molecule has 0 radical (unpaired) electrons. The zero-order chi connectivity index (χ0) is 10.6. The van der Waals surface area contributed by atoms with Crippen LogP contribution in [0, 0.1) is 15.9 Å². The molecule has 1 rings (SSSR count). The summed E-state index contributed by atoms with van der Waals surface area (Å²) in [6.07, 6.45) is 0. The van der Waals surface area contributed by atoms with E-state index in [0.29, 0.717) is 5.56 Å². The van der Waals surface area contributed by atoms with E-state index in [-0.39, 0.29) is 6.54 Å². The Morgan fingerprint density at radius 2 is 2.36 bits per heavy atom. The number of nitro groups is 1. The fourth-order valence-electron chi connectivity index (χ4n) is 0.910. The second kappa shape index (κ2) is 4.20. The molecule has 0 aliphatic heterocycles. The smallest absolute Gasteiger partial charge is 0.258 e. The molecule has 0 aromatic heterocycles. The largest absolute Gasteiger partial charge is 0.305 e. The molecule has 0 heterocycles. The van der Waals surface area contributed by atoms with Gasteiger partial charge in [0, 0.05) is 11.0 Å². The lowest BCUT2D eigenvalue weighted by atomic mass is 10.2. The number of azide groups is 1. The lowest BCUT2D eigenvalue weighted by Gasteiger charge is -1.96. The quantitative estimate of drug-likeness (QED) is 0.244. The number of nitro benzene ring substituents is 1. The molecule has 0 bridgehead atoms. The topological polar surface area (TPSA) is 91.9 Å². The second-order valence-corrected chi connectivity index (χ2v) is 2.43. The van der Waals surface area contributed by atoms with E-state index >= 15 is 0 Å². The lowest BCUT2D eigenvalue weighted by molar-refractivity contribution is -0.387. The molecule has 1 aromatic rings. The van der Waals surface area contributed by atoms with E-state index in [1.165, 1.54) is 6.07 Å². The van der Waals surface area contributed by atoms with Crippen molar-refractivity contribution in [1.82, 2.24) is 0 Å². The first-order valence-corrected chi connectivity index (χ1v) is 3.59. The van der Waals surface area contributed by atoms with Crippen LogP contribution in [0.5, 0.6) is 0 Å². The van der Waals surface area contributed by atoms with Crippen molar-refractivity contribution in [3.8, 4) is 0 Å². The van der Waals surface area contributed by atoms with Crippen molar-refractivity contribution in [3.05, 3.63) is 50.1 Å². The summed E-state index contributed by atoms with van der Waals surface area (Å²) in [4.78, 5) is 12.0.